The Morgan fingerprint density at radius 3 is 2.33 bits per heavy atom. The van der Waals surface area contributed by atoms with Crippen LogP contribution in [0, 0.1) is 29.3 Å². The van der Waals surface area contributed by atoms with Gasteiger partial charge in [0.1, 0.15) is 29.8 Å². The van der Waals surface area contributed by atoms with Gasteiger partial charge >= 0.3 is 5.97 Å². The smallest absolute Gasteiger partial charge is 0.335 e. The molecule has 2 fully saturated rings. The molecule has 0 radical (unpaired) electrons. The zero-order valence-electron chi connectivity index (χ0n) is 20.6. The number of fused-ring (bicyclic) bond motifs is 1. The van der Waals surface area contributed by atoms with Crippen LogP contribution in [-0.4, -0.2) is 62.5 Å². The molecule has 6 nitrogen and oxygen atoms in total. The van der Waals surface area contributed by atoms with Crippen LogP contribution in [0.15, 0.2) is 36.4 Å². The summed E-state index contributed by atoms with van der Waals surface area (Å²) in [5, 5.41) is 3.50. The SMILES string of the molecule is CCOC(=O)[C@H](Cc1ccc(OCCNC2C3CN(Cc4c(F)cc(F)cc4F)C[C@@H]32)cc1)OCC. The van der Waals surface area contributed by atoms with E-state index in [1.54, 1.807) is 6.92 Å². The van der Waals surface area contributed by atoms with E-state index in [9.17, 15) is 18.0 Å². The monoisotopic (exact) mass is 506 g/mol. The van der Waals surface area contributed by atoms with E-state index in [0.717, 1.165) is 36.5 Å². The number of halogens is 3. The summed E-state index contributed by atoms with van der Waals surface area (Å²) >= 11 is 0. The van der Waals surface area contributed by atoms with Crippen molar-refractivity contribution < 1.29 is 32.2 Å². The van der Waals surface area contributed by atoms with Gasteiger partial charge in [0.2, 0.25) is 0 Å². The molecular weight excluding hydrogens is 473 g/mol. The normalized spacial score (nSPS) is 21.8. The topological polar surface area (TPSA) is 60.0 Å². The van der Waals surface area contributed by atoms with Gasteiger partial charge in [-0.1, -0.05) is 12.1 Å². The van der Waals surface area contributed by atoms with Gasteiger partial charge in [0.15, 0.2) is 6.10 Å². The molecule has 1 heterocycles. The molecule has 4 rings (SSSR count). The predicted octanol–water partition coefficient (Wildman–Crippen LogP) is 3.71. The molecule has 9 heteroatoms. The van der Waals surface area contributed by atoms with Gasteiger partial charge in [-0.25, -0.2) is 18.0 Å². The number of nitrogens with one attached hydrogen (secondary N) is 1. The van der Waals surface area contributed by atoms with Gasteiger partial charge in [-0.2, -0.15) is 0 Å². The zero-order chi connectivity index (χ0) is 25.7. The first-order valence-corrected chi connectivity index (χ1v) is 12.5. The second-order valence-corrected chi connectivity index (χ2v) is 9.24. The molecule has 2 aromatic rings. The number of hydrogen-bond acceptors (Lipinski definition) is 6. The van der Waals surface area contributed by atoms with Crippen LogP contribution in [0.25, 0.3) is 0 Å². The lowest BCUT2D eigenvalue weighted by Crippen LogP contribution is -2.33. The molecule has 0 amide bonds. The highest BCUT2D eigenvalue weighted by Gasteiger charge is 2.55. The highest BCUT2D eigenvalue weighted by molar-refractivity contribution is 5.75. The van der Waals surface area contributed by atoms with Crippen LogP contribution in [0.3, 0.4) is 0 Å². The number of hydrogen-bond donors (Lipinski definition) is 1. The summed E-state index contributed by atoms with van der Waals surface area (Å²) in [6.07, 6.45) is -0.176. The first kappa shape index (κ1) is 26.4. The second kappa shape index (κ2) is 12.1. The highest BCUT2D eigenvalue weighted by atomic mass is 19.1. The van der Waals surface area contributed by atoms with Crippen molar-refractivity contribution in [3.05, 3.63) is 65.0 Å². The van der Waals surface area contributed by atoms with Crippen LogP contribution in [0.4, 0.5) is 13.2 Å². The van der Waals surface area contributed by atoms with Gasteiger partial charge in [0.25, 0.3) is 0 Å². The molecule has 0 aromatic heterocycles. The Morgan fingerprint density at radius 2 is 1.72 bits per heavy atom. The maximum Gasteiger partial charge on any atom is 0.335 e. The quantitative estimate of drug-likeness (QED) is 0.330. The largest absolute Gasteiger partial charge is 0.492 e. The Kier molecular flexibility index (Phi) is 8.87. The number of rotatable bonds is 13. The van der Waals surface area contributed by atoms with E-state index in [2.05, 4.69) is 5.32 Å². The summed E-state index contributed by atoms with van der Waals surface area (Å²) in [6, 6.07) is 9.43. The minimum Gasteiger partial charge on any atom is -0.492 e. The number of nitrogens with zero attached hydrogens (tertiary/aromatic N) is 1. The fourth-order valence-corrected chi connectivity index (χ4v) is 4.97. The minimum absolute atomic E-state index is 0.0732. The number of carbonyl (C=O) groups is 1. The van der Waals surface area contributed by atoms with Crippen molar-refractivity contribution >= 4 is 5.97 Å². The molecule has 0 spiro atoms. The van der Waals surface area contributed by atoms with Crippen LogP contribution in [0.1, 0.15) is 25.0 Å². The van der Waals surface area contributed by atoms with Crippen molar-refractivity contribution in [2.75, 3.05) is 39.5 Å². The maximum atomic E-state index is 13.9. The lowest BCUT2D eigenvalue weighted by atomic mass is 10.1. The number of esters is 1. The Hall–Kier alpha value is -2.62. The minimum atomic E-state index is -0.898. The lowest BCUT2D eigenvalue weighted by molar-refractivity contribution is -0.156. The van der Waals surface area contributed by atoms with Gasteiger partial charge in [-0.15, -0.1) is 0 Å². The molecule has 1 saturated carbocycles. The molecule has 196 valence electrons. The van der Waals surface area contributed by atoms with Crippen molar-refractivity contribution in [3.8, 4) is 5.75 Å². The lowest BCUT2D eigenvalue weighted by Gasteiger charge is -2.20. The van der Waals surface area contributed by atoms with Crippen molar-refractivity contribution in [2.45, 2.75) is 39.0 Å². The van der Waals surface area contributed by atoms with Crippen molar-refractivity contribution in [1.82, 2.24) is 10.2 Å². The molecule has 0 bridgehead atoms. The number of ether oxygens (including phenoxy) is 3. The molecule has 36 heavy (non-hydrogen) atoms. The molecule has 2 aromatic carbocycles. The molecular formula is C27H33F3N2O4. The molecule has 2 unspecified atom stereocenters. The summed E-state index contributed by atoms with van der Waals surface area (Å²) < 4.78 is 57.3. The first-order chi connectivity index (χ1) is 17.4. The Balaban J connectivity index is 1.14. The Labute approximate surface area is 209 Å². The fourth-order valence-electron chi connectivity index (χ4n) is 4.97. The summed E-state index contributed by atoms with van der Waals surface area (Å²) in [5.74, 6) is -1.27. The summed E-state index contributed by atoms with van der Waals surface area (Å²) in [4.78, 5) is 14.0. The van der Waals surface area contributed by atoms with Crippen molar-refractivity contribution in [3.63, 3.8) is 0 Å². The maximum absolute atomic E-state index is 13.9. The third-order valence-corrected chi connectivity index (χ3v) is 6.77. The van der Waals surface area contributed by atoms with Crippen molar-refractivity contribution in [2.24, 2.45) is 11.8 Å². The van der Waals surface area contributed by atoms with E-state index in [0.29, 0.717) is 50.7 Å². The number of benzene rings is 2. The summed E-state index contributed by atoms with van der Waals surface area (Å²) in [7, 11) is 0. The second-order valence-electron chi connectivity index (χ2n) is 9.24. The van der Waals surface area contributed by atoms with Crippen LogP contribution in [-0.2, 0) is 27.2 Å². The highest BCUT2D eigenvalue weighted by Crippen LogP contribution is 2.45. The number of carbonyl (C=O) groups excluding carboxylic acids is 1. The molecule has 2 aliphatic rings. The predicted molar refractivity (Wildman–Crippen MR) is 128 cm³/mol. The van der Waals surface area contributed by atoms with Crippen molar-refractivity contribution in [1.29, 1.82) is 0 Å². The zero-order valence-corrected chi connectivity index (χ0v) is 20.6. The number of piperidine rings is 1. The van der Waals surface area contributed by atoms with E-state index in [1.807, 2.05) is 36.1 Å². The molecule has 1 N–H and O–H groups in total. The van der Waals surface area contributed by atoms with Gasteiger partial charge in [-0.05, 0) is 43.4 Å². The van der Waals surface area contributed by atoms with Crippen LogP contribution in [0.5, 0.6) is 5.75 Å². The molecule has 1 aliphatic heterocycles. The Morgan fingerprint density at radius 1 is 1.06 bits per heavy atom. The molecule has 1 saturated heterocycles. The van der Waals surface area contributed by atoms with E-state index in [4.69, 9.17) is 14.2 Å². The standard InChI is InChI=1S/C27H33F3N2O4/c1-3-34-25(27(33)35-4-2)11-17-5-7-19(8-6-17)36-10-9-31-26-20-14-32(15-21(20)26)16-22-23(29)12-18(28)13-24(22)30/h5-8,12-13,20-21,25-26,31H,3-4,9-11,14-16H2,1-2H3/t20-,21?,25-,26?/m0/s1. The van der Waals surface area contributed by atoms with Crippen LogP contribution < -0.4 is 10.1 Å². The summed E-state index contributed by atoms with van der Waals surface area (Å²) in [5.41, 5.74) is 0.888. The van der Waals surface area contributed by atoms with E-state index in [1.165, 1.54) is 0 Å². The number of likely N-dealkylation sites (tertiary alicyclic amines) is 1. The van der Waals surface area contributed by atoms with E-state index >= 15 is 0 Å². The van der Waals surface area contributed by atoms with Gasteiger partial charge in [-0.3, -0.25) is 4.90 Å². The van der Waals surface area contributed by atoms with Gasteiger partial charge in [0.05, 0.1) is 6.61 Å². The van der Waals surface area contributed by atoms with Gasteiger partial charge in [0, 0.05) is 62.9 Å². The third kappa shape index (κ3) is 6.57. The fraction of sp³-hybridized carbons (Fsp3) is 0.519. The average Bonchev–Trinajstić information content (AvgIpc) is 3.29. The average molecular weight is 507 g/mol. The van der Waals surface area contributed by atoms with Crippen LogP contribution >= 0.6 is 0 Å². The third-order valence-electron chi connectivity index (χ3n) is 6.77. The first-order valence-electron chi connectivity index (χ1n) is 12.5. The summed E-state index contributed by atoms with van der Waals surface area (Å²) in [6.45, 7) is 7.24. The van der Waals surface area contributed by atoms with Gasteiger partial charge < -0.3 is 19.5 Å². The Bertz CT molecular complexity index is 1000. The molecule has 4 atom stereocenters. The molecule has 1 aliphatic carbocycles. The van der Waals surface area contributed by atoms with Crippen LogP contribution in [0.2, 0.25) is 0 Å². The van der Waals surface area contributed by atoms with E-state index < -0.39 is 23.6 Å². The van der Waals surface area contributed by atoms with E-state index in [-0.39, 0.29) is 18.1 Å².